The molecule has 0 fully saturated rings. The van der Waals surface area contributed by atoms with E-state index >= 15 is 0 Å². The lowest BCUT2D eigenvalue weighted by atomic mass is 10.0. The summed E-state index contributed by atoms with van der Waals surface area (Å²) in [4.78, 5) is 15.9. The van der Waals surface area contributed by atoms with E-state index < -0.39 is 0 Å². The van der Waals surface area contributed by atoms with E-state index in [4.69, 9.17) is 0 Å². The molecular formula is C13H19BrN2O. The van der Waals surface area contributed by atoms with Gasteiger partial charge in [-0.1, -0.05) is 13.8 Å². The molecule has 0 aliphatic heterocycles. The maximum absolute atomic E-state index is 11.9. The molecule has 17 heavy (non-hydrogen) atoms. The Hall–Kier alpha value is -0.900. The van der Waals surface area contributed by atoms with Crippen molar-refractivity contribution < 1.29 is 4.79 Å². The second-order valence-electron chi connectivity index (χ2n) is 4.71. The third-order valence-electron chi connectivity index (χ3n) is 2.54. The highest BCUT2D eigenvalue weighted by molar-refractivity contribution is 9.10. The van der Waals surface area contributed by atoms with Gasteiger partial charge in [-0.2, -0.15) is 0 Å². The van der Waals surface area contributed by atoms with Crippen molar-refractivity contribution in [3.8, 4) is 0 Å². The number of nitrogens with one attached hydrogen (secondary N) is 1. The van der Waals surface area contributed by atoms with Crippen molar-refractivity contribution in [2.45, 2.75) is 39.7 Å². The van der Waals surface area contributed by atoms with E-state index in [2.05, 4.69) is 40.1 Å². The lowest BCUT2D eigenvalue weighted by Crippen LogP contribution is -2.32. The van der Waals surface area contributed by atoms with Gasteiger partial charge in [0.15, 0.2) is 0 Å². The van der Waals surface area contributed by atoms with Crippen LogP contribution in [0, 0.1) is 5.92 Å². The highest BCUT2D eigenvalue weighted by Crippen LogP contribution is 2.10. The average Bonchev–Trinajstić information content (AvgIpc) is 2.26. The van der Waals surface area contributed by atoms with Gasteiger partial charge in [-0.3, -0.25) is 4.79 Å². The van der Waals surface area contributed by atoms with Crippen molar-refractivity contribution in [3.05, 3.63) is 28.5 Å². The second-order valence-corrected chi connectivity index (χ2v) is 5.53. The molecule has 1 rings (SSSR count). The number of aromatic nitrogens is 1. The first-order chi connectivity index (χ1) is 7.99. The number of hydrogen-bond acceptors (Lipinski definition) is 2. The number of amides is 1. The molecule has 1 atom stereocenters. The molecule has 1 N–H and O–H groups in total. The smallest absolute Gasteiger partial charge is 0.251 e. The van der Waals surface area contributed by atoms with Gasteiger partial charge in [0, 0.05) is 17.8 Å². The number of pyridine rings is 1. The standard InChI is InChI=1S/C13H19BrN2O/c1-9(2)4-5-10(3)16-13(17)11-6-7-15-12(14)8-11/h6-10H,4-5H2,1-3H3,(H,16,17). The number of halogens is 1. The Morgan fingerprint density at radius 3 is 2.71 bits per heavy atom. The summed E-state index contributed by atoms with van der Waals surface area (Å²) in [5, 5.41) is 2.99. The van der Waals surface area contributed by atoms with Gasteiger partial charge in [0.2, 0.25) is 0 Å². The van der Waals surface area contributed by atoms with Crippen LogP contribution in [0.1, 0.15) is 44.0 Å². The minimum atomic E-state index is -0.0376. The molecule has 0 saturated heterocycles. The van der Waals surface area contributed by atoms with E-state index in [1.807, 2.05) is 6.92 Å². The van der Waals surface area contributed by atoms with Crippen LogP contribution >= 0.6 is 15.9 Å². The van der Waals surface area contributed by atoms with Gasteiger partial charge in [0.05, 0.1) is 0 Å². The van der Waals surface area contributed by atoms with Crippen LogP contribution in [0.15, 0.2) is 22.9 Å². The van der Waals surface area contributed by atoms with Gasteiger partial charge in [-0.05, 0) is 53.7 Å². The predicted octanol–water partition coefficient (Wildman–Crippen LogP) is 3.40. The Bertz CT molecular complexity index is 379. The molecule has 1 aromatic rings. The van der Waals surface area contributed by atoms with Crippen LogP contribution in [0.5, 0.6) is 0 Å². The Labute approximate surface area is 111 Å². The van der Waals surface area contributed by atoms with Crippen molar-refractivity contribution in [2.75, 3.05) is 0 Å². The molecule has 4 heteroatoms. The Morgan fingerprint density at radius 2 is 2.12 bits per heavy atom. The van der Waals surface area contributed by atoms with Crippen LogP contribution in [0.25, 0.3) is 0 Å². The van der Waals surface area contributed by atoms with E-state index in [1.54, 1.807) is 18.3 Å². The molecule has 1 aromatic heterocycles. The molecule has 0 radical (unpaired) electrons. The lowest BCUT2D eigenvalue weighted by Gasteiger charge is -2.15. The highest BCUT2D eigenvalue weighted by Gasteiger charge is 2.10. The topological polar surface area (TPSA) is 42.0 Å². The first-order valence-electron chi connectivity index (χ1n) is 5.91. The van der Waals surface area contributed by atoms with E-state index in [0.29, 0.717) is 16.1 Å². The van der Waals surface area contributed by atoms with Crippen molar-refractivity contribution in [1.29, 1.82) is 0 Å². The molecule has 0 aromatic carbocycles. The van der Waals surface area contributed by atoms with Crippen LogP contribution in [-0.4, -0.2) is 16.9 Å². The van der Waals surface area contributed by atoms with E-state index in [-0.39, 0.29) is 11.9 Å². The molecule has 0 spiro atoms. The summed E-state index contributed by atoms with van der Waals surface area (Å²) >= 11 is 3.26. The highest BCUT2D eigenvalue weighted by atomic mass is 79.9. The zero-order valence-electron chi connectivity index (χ0n) is 10.5. The first kappa shape index (κ1) is 14.2. The minimum Gasteiger partial charge on any atom is -0.350 e. The summed E-state index contributed by atoms with van der Waals surface area (Å²) in [6.07, 6.45) is 3.76. The van der Waals surface area contributed by atoms with Crippen molar-refractivity contribution in [1.82, 2.24) is 10.3 Å². The Balaban J connectivity index is 2.49. The monoisotopic (exact) mass is 298 g/mol. The Morgan fingerprint density at radius 1 is 1.41 bits per heavy atom. The molecule has 3 nitrogen and oxygen atoms in total. The minimum absolute atomic E-state index is 0.0376. The van der Waals surface area contributed by atoms with Gasteiger partial charge in [0.1, 0.15) is 4.60 Å². The van der Waals surface area contributed by atoms with Crippen LogP contribution in [0.3, 0.4) is 0 Å². The van der Waals surface area contributed by atoms with Crippen molar-refractivity contribution >= 4 is 21.8 Å². The summed E-state index contributed by atoms with van der Waals surface area (Å²) in [6.45, 7) is 6.42. The number of rotatable bonds is 5. The lowest BCUT2D eigenvalue weighted by molar-refractivity contribution is 0.0937. The largest absolute Gasteiger partial charge is 0.350 e. The van der Waals surface area contributed by atoms with Crippen LogP contribution in [0.2, 0.25) is 0 Å². The fraction of sp³-hybridized carbons (Fsp3) is 0.538. The normalized spacial score (nSPS) is 12.5. The summed E-state index contributed by atoms with van der Waals surface area (Å²) in [5.41, 5.74) is 0.642. The molecule has 0 aliphatic carbocycles. The fourth-order valence-corrected chi connectivity index (χ4v) is 1.87. The predicted molar refractivity (Wildman–Crippen MR) is 72.9 cm³/mol. The van der Waals surface area contributed by atoms with Crippen LogP contribution in [-0.2, 0) is 0 Å². The summed E-state index contributed by atoms with van der Waals surface area (Å²) in [7, 11) is 0. The number of hydrogen-bond donors (Lipinski definition) is 1. The molecule has 1 unspecified atom stereocenters. The van der Waals surface area contributed by atoms with E-state index in [0.717, 1.165) is 12.8 Å². The third kappa shape index (κ3) is 5.31. The maximum atomic E-state index is 11.9. The van der Waals surface area contributed by atoms with Crippen LogP contribution in [0.4, 0.5) is 0 Å². The van der Waals surface area contributed by atoms with Crippen LogP contribution < -0.4 is 5.32 Å². The molecule has 1 heterocycles. The quantitative estimate of drug-likeness (QED) is 0.847. The average molecular weight is 299 g/mol. The van der Waals surface area contributed by atoms with Gasteiger partial charge < -0.3 is 5.32 Å². The molecular weight excluding hydrogens is 280 g/mol. The van der Waals surface area contributed by atoms with Crippen molar-refractivity contribution in [2.24, 2.45) is 5.92 Å². The zero-order chi connectivity index (χ0) is 12.8. The van der Waals surface area contributed by atoms with Gasteiger partial charge in [-0.15, -0.1) is 0 Å². The first-order valence-corrected chi connectivity index (χ1v) is 6.70. The summed E-state index contributed by atoms with van der Waals surface area (Å²) in [5.74, 6) is 0.633. The molecule has 0 saturated carbocycles. The zero-order valence-corrected chi connectivity index (χ0v) is 12.1. The van der Waals surface area contributed by atoms with Crippen molar-refractivity contribution in [3.63, 3.8) is 0 Å². The molecule has 94 valence electrons. The molecule has 1 amide bonds. The van der Waals surface area contributed by atoms with Gasteiger partial charge >= 0.3 is 0 Å². The van der Waals surface area contributed by atoms with Gasteiger partial charge in [0.25, 0.3) is 5.91 Å². The van der Waals surface area contributed by atoms with Gasteiger partial charge in [-0.25, -0.2) is 4.98 Å². The summed E-state index contributed by atoms with van der Waals surface area (Å²) < 4.78 is 0.681. The Kier molecular flexibility index (Phi) is 5.62. The van der Waals surface area contributed by atoms with E-state index in [9.17, 15) is 4.79 Å². The molecule has 0 bridgehead atoms. The third-order valence-corrected chi connectivity index (χ3v) is 2.98. The fourth-order valence-electron chi connectivity index (χ4n) is 1.51. The number of nitrogens with zero attached hydrogens (tertiary/aromatic N) is 1. The maximum Gasteiger partial charge on any atom is 0.251 e. The summed E-state index contributed by atoms with van der Waals surface area (Å²) in [6, 6.07) is 3.65. The molecule has 0 aliphatic rings. The number of carbonyl (C=O) groups excluding carboxylic acids is 1. The number of carbonyl (C=O) groups is 1. The van der Waals surface area contributed by atoms with E-state index in [1.165, 1.54) is 0 Å². The SMILES string of the molecule is CC(C)CCC(C)NC(=O)c1ccnc(Br)c1. The second kappa shape index (κ2) is 6.74.